The maximum absolute atomic E-state index is 12.5. The van der Waals surface area contributed by atoms with Crippen molar-refractivity contribution in [3.63, 3.8) is 0 Å². The molecule has 0 bridgehead atoms. The number of aryl methyl sites for hydroxylation is 1. The van der Waals surface area contributed by atoms with Gasteiger partial charge in [-0.15, -0.1) is 0 Å². The number of aromatic amines is 1. The second-order valence-electron chi connectivity index (χ2n) is 6.03. The van der Waals surface area contributed by atoms with Gasteiger partial charge < -0.3 is 0 Å². The number of hydrogen-bond donors (Lipinski definition) is 1. The number of halogens is 1. The monoisotopic (exact) mass is 349 g/mol. The number of benzene rings is 2. The van der Waals surface area contributed by atoms with Crippen LogP contribution in [0.3, 0.4) is 0 Å². The molecule has 0 spiro atoms. The number of nitrogens with one attached hydrogen (secondary N) is 1. The number of aromatic nitrogens is 3. The Morgan fingerprint density at radius 3 is 2.52 bits per heavy atom. The molecule has 25 heavy (non-hydrogen) atoms. The number of hydrogen-bond acceptors (Lipinski definition) is 2. The maximum Gasteiger partial charge on any atom is 0.272 e. The van der Waals surface area contributed by atoms with Gasteiger partial charge in [0.15, 0.2) is 5.65 Å². The molecule has 0 unspecified atom stereocenters. The van der Waals surface area contributed by atoms with Crippen LogP contribution < -0.4 is 5.56 Å². The van der Waals surface area contributed by atoms with Crippen LogP contribution in [-0.2, 0) is 6.42 Å². The van der Waals surface area contributed by atoms with Gasteiger partial charge in [0, 0.05) is 28.8 Å². The third-order valence-electron chi connectivity index (χ3n) is 4.21. The van der Waals surface area contributed by atoms with Crippen LogP contribution in [0.4, 0.5) is 0 Å². The van der Waals surface area contributed by atoms with Crippen molar-refractivity contribution in [2.75, 3.05) is 0 Å². The van der Waals surface area contributed by atoms with Crippen LogP contribution in [0.15, 0.2) is 65.5 Å². The maximum atomic E-state index is 12.5. The fourth-order valence-corrected chi connectivity index (χ4v) is 3.18. The summed E-state index contributed by atoms with van der Waals surface area (Å²) in [4.78, 5) is 17.3. The third kappa shape index (κ3) is 2.96. The van der Waals surface area contributed by atoms with Crippen LogP contribution in [0.2, 0.25) is 5.02 Å². The molecule has 0 saturated heterocycles. The van der Waals surface area contributed by atoms with E-state index in [1.165, 1.54) is 4.52 Å². The molecule has 1 N–H and O–H groups in total. The second-order valence-corrected chi connectivity index (χ2v) is 6.46. The van der Waals surface area contributed by atoms with Crippen molar-refractivity contribution in [1.82, 2.24) is 14.6 Å². The van der Waals surface area contributed by atoms with E-state index in [0.29, 0.717) is 17.1 Å². The summed E-state index contributed by atoms with van der Waals surface area (Å²) in [5, 5.41) is 3.79. The molecule has 0 atom stereocenters. The average molecular weight is 350 g/mol. The van der Waals surface area contributed by atoms with Gasteiger partial charge in [0.1, 0.15) is 0 Å². The van der Waals surface area contributed by atoms with Crippen LogP contribution in [0.1, 0.15) is 17.0 Å². The lowest BCUT2D eigenvalue weighted by Gasteiger charge is -2.04. The molecule has 0 radical (unpaired) electrons. The van der Waals surface area contributed by atoms with Gasteiger partial charge in [0.05, 0.1) is 5.69 Å². The predicted molar refractivity (Wildman–Crippen MR) is 100 cm³/mol. The van der Waals surface area contributed by atoms with Crippen molar-refractivity contribution in [2.45, 2.75) is 13.3 Å². The first kappa shape index (κ1) is 15.7. The summed E-state index contributed by atoms with van der Waals surface area (Å²) in [7, 11) is 0. The molecule has 0 aliphatic carbocycles. The lowest BCUT2D eigenvalue weighted by atomic mass is 10.1. The van der Waals surface area contributed by atoms with Crippen molar-refractivity contribution in [3.8, 4) is 11.1 Å². The van der Waals surface area contributed by atoms with Crippen molar-refractivity contribution in [1.29, 1.82) is 0 Å². The summed E-state index contributed by atoms with van der Waals surface area (Å²) in [5.74, 6) is 0. The quantitative estimate of drug-likeness (QED) is 0.601. The van der Waals surface area contributed by atoms with Crippen molar-refractivity contribution in [3.05, 3.63) is 93.0 Å². The van der Waals surface area contributed by atoms with Gasteiger partial charge in [-0.2, -0.15) is 0 Å². The van der Waals surface area contributed by atoms with Gasteiger partial charge in [0.25, 0.3) is 5.56 Å². The molecule has 2 heterocycles. The fraction of sp³-hybridized carbons (Fsp3) is 0.100. The molecule has 124 valence electrons. The Morgan fingerprint density at radius 1 is 1.08 bits per heavy atom. The largest absolute Gasteiger partial charge is 0.293 e. The van der Waals surface area contributed by atoms with Gasteiger partial charge in [-0.25, -0.2) is 9.50 Å². The molecule has 0 amide bonds. The number of fused-ring (bicyclic) bond motifs is 1. The standard InChI is InChI=1S/C20H16ClN3O/c1-13-19(15-7-9-16(21)10-8-15)20-22-17(12-18(25)24(20)23-13)11-14-5-3-2-4-6-14/h2-10,12,23H,11H2,1H3. The molecule has 2 aromatic carbocycles. The molecule has 4 rings (SSSR count). The minimum absolute atomic E-state index is 0.112. The fourth-order valence-electron chi connectivity index (χ4n) is 3.05. The minimum atomic E-state index is -0.112. The number of H-pyrrole nitrogens is 1. The summed E-state index contributed by atoms with van der Waals surface area (Å²) in [6.07, 6.45) is 0.622. The summed E-state index contributed by atoms with van der Waals surface area (Å²) >= 11 is 5.99. The van der Waals surface area contributed by atoms with E-state index >= 15 is 0 Å². The Morgan fingerprint density at radius 2 is 1.80 bits per heavy atom. The molecule has 4 aromatic rings. The van der Waals surface area contributed by atoms with Gasteiger partial charge in [-0.3, -0.25) is 9.89 Å². The van der Waals surface area contributed by atoms with E-state index < -0.39 is 0 Å². The van der Waals surface area contributed by atoms with Crippen LogP contribution >= 0.6 is 11.6 Å². The zero-order chi connectivity index (χ0) is 17.4. The lowest BCUT2D eigenvalue weighted by molar-refractivity contribution is 0.866. The van der Waals surface area contributed by atoms with Crippen molar-refractivity contribution < 1.29 is 0 Å². The average Bonchev–Trinajstić information content (AvgIpc) is 2.93. The Balaban J connectivity index is 1.88. The molecular formula is C20H16ClN3O. The SMILES string of the molecule is Cc1[nH]n2c(=O)cc(Cc3ccccc3)nc2c1-c1ccc(Cl)cc1. The Hall–Kier alpha value is -2.85. The zero-order valence-corrected chi connectivity index (χ0v) is 14.4. The van der Waals surface area contributed by atoms with Gasteiger partial charge in [0.2, 0.25) is 0 Å². The van der Waals surface area contributed by atoms with Gasteiger partial charge in [-0.05, 0) is 30.2 Å². The summed E-state index contributed by atoms with van der Waals surface area (Å²) < 4.78 is 1.49. The Bertz CT molecular complexity index is 1100. The Labute approximate surface area is 149 Å². The lowest BCUT2D eigenvalue weighted by Crippen LogP contribution is -2.15. The highest BCUT2D eigenvalue weighted by molar-refractivity contribution is 6.30. The van der Waals surface area contributed by atoms with E-state index in [2.05, 4.69) is 5.10 Å². The minimum Gasteiger partial charge on any atom is -0.293 e. The molecular weight excluding hydrogens is 334 g/mol. The summed E-state index contributed by atoms with van der Waals surface area (Å²) in [5.41, 5.74) is 5.19. The molecule has 2 aromatic heterocycles. The van der Waals surface area contributed by atoms with Crippen LogP contribution in [-0.4, -0.2) is 14.6 Å². The highest BCUT2D eigenvalue weighted by atomic mass is 35.5. The summed E-state index contributed by atoms with van der Waals surface area (Å²) in [6, 6.07) is 19.2. The van der Waals surface area contributed by atoms with Gasteiger partial charge >= 0.3 is 0 Å². The molecule has 0 saturated carbocycles. The van der Waals surface area contributed by atoms with E-state index in [0.717, 1.165) is 28.1 Å². The third-order valence-corrected chi connectivity index (χ3v) is 4.46. The van der Waals surface area contributed by atoms with Crippen LogP contribution in [0, 0.1) is 6.92 Å². The van der Waals surface area contributed by atoms with E-state index in [1.54, 1.807) is 6.07 Å². The topological polar surface area (TPSA) is 50.2 Å². The predicted octanol–water partition coefficient (Wildman–Crippen LogP) is 4.24. The zero-order valence-electron chi connectivity index (χ0n) is 13.7. The van der Waals surface area contributed by atoms with E-state index in [9.17, 15) is 4.79 Å². The van der Waals surface area contributed by atoms with E-state index in [-0.39, 0.29) is 5.56 Å². The normalized spacial score (nSPS) is 11.1. The second kappa shape index (κ2) is 6.22. The molecule has 0 aliphatic rings. The highest BCUT2D eigenvalue weighted by Crippen LogP contribution is 2.27. The first-order valence-corrected chi connectivity index (χ1v) is 8.41. The first-order chi connectivity index (χ1) is 12.1. The molecule has 4 nitrogen and oxygen atoms in total. The first-order valence-electron chi connectivity index (χ1n) is 8.03. The number of rotatable bonds is 3. The van der Waals surface area contributed by atoms with Crippen LogP contribution in [0.5, 0.6) is 0 Å². The van der Waals surface area contributed by atoms with Gasteiger partial charge in [-0.1, -0.05) is 54.1 Å². The summed E-state index contributed by atoms with van der Waals surface area (Å²) in [6.45, 7) is 1.94. The highest BCUT2D eigenvalue weighted by Gasteiger charge is 2.14. The van der Waals surface area contributed by atoms with E-state index in [1.807, 2.05) is 61.5 Å². The van der Waals surface area contributed by atoms with Crippen molar-refractivity contribution in [2.24, 2.45) is 0 Å². The Kier molecular flexibility index (Phi) is 3.90. The molecule has 5 heteroatoms. The smallest absolute Gasteiger partial charge is 0.272 e. The van der Waals surface area contributed by atoms with Crippen molar-refractivity contribution >= 4 is 17.2 Å². The van der Waals surface area contributed by atoms with E-state index in [4.69, 9.17) is 16.6 Å². The molecule has 0 aliphatic heterocycles. The molecule has 0 fully saturated rings. The van der Waals surface area contributed by atoms with Crippen LogP contribution in [0.25, 0.3) is 16.8 Å². The number of nitrogens with zero attached hydrogens (tertiary/aromatic N) is 2.